The molecule has 0 saturated carbocycles. The molecule has 17 nitrogen and oxygen atoms in total. The van der Waals surface area contributed by atoms with E-state index in [1.54, 1.807) is 52.5 Å². The summed E-state index contributed by atoms with van der Waals surface area (Å²) in [5, 5.41) is 18.4. The number of hydrogen-bond donors (Lipinski definition) is 2. The molecule has 3 atom stereocenters. The number of thiazole rings is 1. The summed E-state index contributed by atoms with van der Waals surface area (Å²) in [6.45, 7) is 27.0. The van der Waals surface area contributed by atoms with Crippen LogP contribution >= 0.6 is 11.3 Å². The van der Waals surface area contributed by atoms with E-state index in [4.69, 9.17) is 28.2 Å². The van der Waals surface area contributed by atoms with Crippen LogP contribution in [0.1, 0.15) is 94.8 Å². The van der Waals surface area contributed by atoms with Crippen LogP contribution in [0.5, 0.6) is 5.75 Å². The van der Waals surface area contributed by atoms with E-state index < -0.39 is 61.1 Å². The summed E-state index contributed by atoms with van der Waals surface area (Å²) in [7, 11) is -0.319. The van der Waals surface area contributed by atoms with Crippen LogP contribution in [0.4, 0.5) is 14.7 Å². The van der Waals surface area contributed by atoms with Crippen molar-refractivity contribution in [3.8, 4) is 5.75 Å². The number of benzene rings is 1. The first kappa shape index (κ1) is 46.9. The van der Waals surface area contributed by atoms with E-state index in [1.165, 1.54) is 5.38 Å². The Kier molecular flexibility index (Phi) is 13.9. The Morgan fingerprint density at radius 2 is 1.59 bits per heavy atom. The second kappa shape index (κ2) is 17.5. The van der Waals surface area contributed by atoms with E-state index in [1.807, 2.05) is 50.8 Å². The highest BCUT2D eigenvalue weighted by molar-refractivity contribution is 7.14. The molecule has 0 spiro atoms. The quantitative estimate of drug-likeness (QED) is 0.0472. The molecule has 3 aromatic rings. The number of carboxylic acids is 1. The number of nitrogens with one attached hydrogen (secondary N) is 1. The largest absolute Gasteiger partial charge is 0.489 e. The maximum absolute atomic E-state index is 13.3. The standard InChI is InChI=1S/C40H60N6O11SSi/c1-37(2,3)53-33(49)30(56-43-31(32(47)48)26-23-58-34(41-26)42-35(50)54-38(4,5)6)22-52-25-16-17-27-24(18-25)19-46(44(27)13)28-20-45(36(51)55-39(7,8)9)21-29(28)57-59(14,15)40(10,11)12/h16-19,23,28-30H,20-22H2,1-15H3,(H-,41,42,47,48,50)/p+1/b43-31-/t28-,29+,30+/m1/s1. The van der Waals surface area contributed by atoms with Gasteiger partial charge in [0.05, 0.1) is 30.8 Å². The molecule has 0 bridgehead atoms. The molecule has 3 heterocycles. The lowest BCUT2D eigenvalue weighted by molar-refractivity contribution is -0.733. The zero-order valence-corrected chi connectivity index (χ0v) is 38.7. The first-order chi connectivity index (χ1) is 26.9. The molecule has 1 fully saturated rings. The molecular weight excluding hydrogens is 801 g/mol. The predicted octanol–water partition coefficient (Wildman–Crippen LogP) is 7.05. The Balaban J connectivity index is 1.59. The lowest BCUT2D eigenvalue weighted by atomic mass is 10.2. The topological polar surface area (TPSA) is 193 Å². The third kappa shape index (κ3) is 12.9. The predicted molar refractivity (Wildman–Crippen MR) is 224 cm³/mol. The van der Waals surface area contributed by atoms with Crippen LogP contribution in [0.25, 0.3) is 10.9 Å². The Hall–Kier alpha value is -4.75. The Labute approximate surface area is 351 Å². The van der Waals surface area contributed by atoms with Gasteiger partial charge in [0.15, 0.2) is 20.5 Å². The van der Waals surface area contributed by atoms with Gasteiger partial charge >= 0.3 is 24.1 Å². The SMILES string of the molecule is C[n+]1c2ccc(OC[C@H](O/N=C(\C(=O)O)c3csc(NC(=O)OC(C)(C)C)n3)C(=O)OC(C)(C)C)cc2cn1[C@@H]1CN(C(=O)OC(C)(C)C)C[C@@H]1O[Si](C)(C)C(C)(C)C. The molecule has 1 aliphatic rings. The minimum absolute atomic E-state index is 0.0564. The number of fused-ring (bicyclic) bond motifs is 1. The van der Waals surface area contributed by atoms with Crippen molar-refractivity contribution >= 4 is 65.5 Å². The molecule has 1 aromatic carbocycles. The number of oxime groups is 1. The molecule has 2 amide bonds. The van der Waals surface area contributed by atoms with Crippen LogP contribution in [0.3, 0.4) is 0 Å². The lowest BCUT2D eigenvalue weighted by Gasteiger charge is -2.39. The van der Waals surface area contributed by atoms with Crippen LogP contribution in [0.2, 0.25) is 18.1 Å². The van der Waals surface area contributed by atoms with Crippen molar-refractivity contribution in [2.45, 2.75) is 136 Å². The Morgan fingerprint density at radius 3 is 2.17 bits per heavy atom. The average Bonchev–Trinajstić information content (AvgIpc) is 3.76. The normalized spacial score (nSPS) is 17.4. The minimum Gasteiger partial charge on any atom is -0.489 e. The average molecular weight is 862 g/mol. The number of carboxylic acid groups (broad SMARTS) is 1. The Morgan fingerprint density at radius 1 is 0.966 bits per heavy atom. The molecule has 1 saturated heterocycles. The number of aromatic nitrogens is 3. The number of likely N-dealkylation sites (tertiary alicyclic amines) is 1. The van der Waals surface area contributed by atoms with Crippen LogP contribution in [-0.2, 0) is 40.1 Å². The number of aryl methyl sites for hydroxylation is 1. The maximum atomic E-state index is 13.3. The van der Waals surface area contributed by atoms with Gasteiger partial charge in [-0.15, -0.1) is 16.0 Å². The fourth-order valence-electron chi connectivity index (χ4n) is 5.67. The van der Waals surface area contributed by atoms with Crippen molar-refractivity contribution in [2.75, 3.05) is 25.0 Å². The van der Waals surface area contributed by atoms with Gasteiger partial charge in [-0.25, -0.2) is 24.2 Å². The number of ether oxygens (including phenoxy) is 4. The first-order valence-corrected chi connectivity index (χ1v) is 23.2. The highest BCUT2D eigenvalue weighted by Crippen LogP contribution is 2.40. The summed E-state index contributed by atoms with van der Waals surface area (Å²) in [6, 6.07) is 5.19. The van der Waals surface area contributed by atoms with Crippen molar-refractivity contribution < 1.29 is 57.2 Å². The zero-order chi connectivity index (χ0) is 44.5. The summed E-state index contributed by atoms with van der Waals surface area (Å²) in [6.07, 6.45) is -0.974. The fraction of sp³-hybridized carbons (Fsp3) is 0.625. The molecule has 59 heavy (non-hydrogen) atoms. The second-order valence-corrected chi connectivity index (χ2v) is 24.6. The number of hydrogen-bond acceptors (Lipinski definition) is 13. The number of anilines is 1. The van der Waals surface area contributed by atoms with E-state index >= 15 is 0 Å². The van der Waals surface area contributed by atoms with E-state index in [0.29, 0.717) is 18.8 Å². The van der Waals surface area contributed by atoms with Gasteiger partial charge < -0.3 is 38.2 Å². The third-order valence-electron chi connectivity index (χ3n) is 9.35. The molecule has 2 aromatic heterocycles. The van der Waals surface area contributed by atoms with Crippen LogP contribution in [0, 0.1) is 0 Å². The van der Waals surface area contributed by atoms with Crippen molar-refractivity contribution in [2.24, 2.45) is 12.2 Å². The molecule has 0 aliphatic carbocycles. The number of esters is 1. The molecule has 19 heteroatoms. The smallest absolute Gasteiger partial charge is 0.413 e. The van der Waals surface area contributed by atoms with Gasteiger partial charge in [0.1, 0.15) is 40.9 Å². The van der Waals surface area contributed by atoms with Crippen molar-refractivity contribution in [3.63, 3.8) is 0 Å². The van der Waals surface area contributed by atoms with Gasteiger partial charge in [-0.3, -0.25) is 5.32 Å². The van der Waals surface area contributed by atoms with Crippen LogP contribution < -0.4 is 14.7 Å². The van der Waals surface area contributed by atoms with Crippen molar-refractivity contribution in [1.82, 2.24) is 14.6 Å². The summed E-state index contributed by atoms with van der Waals surface area (Å²) in [5.41, 5.74) is -2.18. The van der Waals surface area contributed by atoms with E-state index in [-0.39, 0.29) is 34.6 Å². The van der Waals surface area contributed by atoms with Gasteiger partial charge in [0, 0.05) is 11.4 Å². The maximum Gasteiger partial charge on any atom is 0.413 e. The summed E-state index contributed by atoms with van der Waals surface area (Å²) in [5.74, 6) is -1.93. The molecule has 2 N–H and O–H groups in total. The summed E-state index contributed by atoms with van der Waals surface area (Å²) in [4.78, 5) is 62.4. The van der Waals surface area contributed by atoms with Crippen LogP contribution in [0.15, 0.2) is 34.9 Å². The molecule has 4 rings (SSSR count). The first-order valence-electron chi connectivity index (χ1n) is 19.4. The summed E-state index contributed by atoms with van der Waals surface area (Å²) >= 11 is 0.952. The highest BCUT2D eigenvalue weighted by Gasteiger charge is 2.47. The Bertz CT molecular complexity index is 2050. The number of aliphatic carboxylic acids is 1. The van der Waals surface area contributed by atoms with E-state index in [0.717, 1.165) is 22.2 Å². The zero-order valence-electron chi connectivity index (χ0n) is 36.9. The molecule has 0 radical (unpaired) electrons. The number of amides is 2. The lowest BCUT2D eigenvalue weighted by Crippen LogP contribution is -2.49. The third-order valence-corrected chi connectivity index (χ3v) is 14.6. The number of rotatable bonds is 12. The number of nitrogens with zero attached hydrogens (tertiary/aromatic N) is 5. The van der Waals surface area contributed by atoms with Gasteiger partial charge in [0.2, 0.25) is 11.2 Å². The van der Waals surface area contributed by atoms with Gasteiger partial charge in [-0.05, 0) is 92.6 Å². The molecular formula is C40H61N6O11SSi+. The molecule has 326 valence electrons. The number of carbonyl (C=O) groups is 4. The van der Waals surface area contributed by atoms with E-state index in [9.17, 15) is 24.3 Å². The minimum atomic E-state index is -2.25. The second-order valence-electron chi connectivity index (χ2n) is 19.0. The van der Waals surface area contributed by atoms with Gasteiger partial charge in [-0.1, -0.05) is 25.9 Å². The van der Waals surface area contributed by atoms with Crippen molar-refractivity contribution in [3.05, 3.63) is 35.5 Å². The van der Waals surface area contributed by atoms with Crippen molar-refractivity contribution in [1.29, 1.82) is 0 Å². The highest BCUT2D eigenvalue weighted by atomic mass is 32.1. The van der Waals surface area contributed by atoms with E-state index in [2.05, 4.69) is 54.0 Å². The van der Waals surface area contributed by atoms with Crippen LogP contribution in [-0.4, -0.2) is 107 Å². The molecule has 0 unspecified atom stereocenters. The van der Waals surface area contributed by atoms with Gasteiger partial charge in [0.25, 0.3) is 6.10 Å². The fourth-order valence-corrected chi connectivity index (χ4v) is 7.70. The summed E-state index contributed by atoms with van der Waals surface area (Å²) < 4.78 is 33.6. The number of carbonyl (C=O) groups excluding carboxylic acids is 3. The van der Waals surface area contributed by atoms with Gasteiger partial charge in [-0.2, -0.15) is 4.68 Å². The molecule has 1 aliphatic heterocycles. The monoisotopic (exact) mass is 861 g/mol.